The van der Waals surface area contributed by atoms with Crippen LogP contribution in [0.25, 0.3) is 0 Å². The van der Waals surface area contributed by atoms with Gasteiger partial charge >= 0.3 is 5.69 Å². The first-order chi connectivity index (χ1) is 11.0. The lowest BCUT2D eigenvalue weighted by molar-refractivity contribution is -0.384. The SMILES string of the molecule is Cc1nn(C)c(N2CCN(C3CCC(C)CC3)CC2)c1[N+](=O)[O-]. The van der Waals surface area contributed by atoms with Crippen molar-refractivity contribution in [2.45, 2.75) is 45.6 Å². The third-order valence-corrected chi connectivity index (χ3v) is 5.46. The third-order valence-electron chi connectivity index (χ3n) is 5.46. The van der Waals surface area contributed by atoms with Crippen molar-refractivity contribution in [2.75, 3.05) is 31.1 Å². The van der Waals surface area contributed by atoms with Gasteiger partial charge in [0, 0.05) is 39.3 Å². The maximum Gasteiger partial charge on any atom is 0.333 e. The van der Waals surface area contributed by atoms with E-state index in [0.717, 1.165) is 32.1 Å². The van der Waals surface area contributed by atoms with Gasteiger partial charge in [0.25, 0.3) is 0 Å². The normalized spacial score (nSPS) is 26.5. The average Bonchev–Trinajstić information content (AvgIpc) is 2.83. The van der Waals surface area contributed by atoms with E-state index in [-0.39, 0.29) is 10.6 Å². The van der Waals surface area contributed by atoms with Gasteiger partial charge < -0.3 is 4.90 Å². The lowest BCUT2D eigenvalue weighted by Gasteiger charge is -2.41. The Balaban J connectivity index is 1.67. The van der Waals surface area contributed by atoms with Crippen LogP contribution in [0.5, 0.6) is 0 Å². The van der Waals surface area contributed by atoms with Crippen molar-refractivity contribution in [3.05, 3.63) is 15.8 Å². The Bertz CT molecular complexity index is 569. The van der Waals surface area contributed by atoms with Crippen LogP contribution in [0.3, 0.4) is 0 Å². The molecule has 0 amide bonds. The van der Waals surface area contributed by atoms with Gasteiger partial charge in [-0.25, -0.2) is 4.68 Å². The fourth-order valence-corrected chi connectivity index (χ4v) is 4.11. The maximum atomic E-state index is 11.4. The summed E-state index contributed by atoms with van der Waals surface area (Å²) < 4.78 is 1.66. The van der Waals surface area contributed by atoms with Crippen LogP contribution in [0.2, 0.25) is 0 Å². The summed E-state index contributed by atoms with van der Waals surface area (Å²) in [6.45, 7) is 7.71. The fraction of sp³-hybridized carbons (Fsp3) is 0.812. The zero-order valence-corrected chi connectivity index (χ0v) is 14.4. The zero-order valence-electron chi connectivity index (χ0n) is 14.4. The van der Waals surface area contributed by atoms with Crippen molar-refractivity contribution < 1.29 is 4.92 Å². The third kappa shape index (κ3) is 3.20. The van der Waals surface area contributed by atoms with Gasteiger partial charge in [-0.3, -0.25) is 15.0 Å². The van der Waals surface area contributed by atoms with Crippen molar-refractivity contribution in [2.24, 2.45) is 13.0 Å². The maximum absolute atomic E-state index is 11.4. The topological polar surface area (TPSA) is 67.4 Å². The van der Waals surface area contributed by atoms with E-state index in [9.17, 15) is 10.1 Å². The van der Waals surface area contributed by atoms with E-state index in [1.54, 1.807) is 18.7 Å². The van der Waals surface area contributed by atoms with E-state index >= 15 is 0 Å². The molecule has 2 heterocycles. The number of anilines is 1. The summed E-state index contributed by atoms with van der Waals surface area (Å²) in [4.78, 5) is 15.8. The summed E-state index contributed by atoms with van der Waals surface area (Å²) in [5, 5.41) is 15.6. The van der Waals surface area contributed by atoms with Crippen molar-refractivity contribution in [3.8, 4) is 0 Å². The molecule has 1 aliphatic heterocycles. The second-order valence-corrected chi connectivity index (χ2v) is 7.08. The molecule has 0 unspecified atom stereocenters. The first-order valence-electron chi connectivity index (χ1n) is 8.64. The number of aryl methyl sites for hydroxylation is 2. The summed E-state index contributed by atoms with van der Waals surface area (Å²) in [7, 11) is 1.80. The molecular formula is C16H27N5O2. The second kappa shape index (κ2) is 6.47. The van der Waals surface area contributed by atoms with Gasteiger partial charge in [0.1, 0.15) is 5.69 Å². The van der Waals surface area contributed by atoms with Crippen LogP contribution >= 0.6 is 0 Å². The summed E-state index contributed by atoms with van der Waals surface area (Å²) in [6.07, 6.45) is 5.26. The molecule has 0 radical (unpaired) electrons. The molecule has 0 bridgehead atoms. The zero-order chi connectivity index (χ0) is 16.6. The monoisotopic (exact) mass is 321 g/mol. The van der Waals surface area contributed by atoms with Crippen LogP contribution in [0.4, 0.5) is 11.5 Å². The lowest BCUT2D eigenvalue weighted by Crippen LogP contribution is -2.51. The quantitative estimate of drug-likeness (QED) is 0.631. The minimum absolute atomic E-state index is 0.160. The number of rotatable bonds is 3. The molecule has 0 spiro atoms. The molecule has 128 valence electrons. The lowest BCUT2D eigenvalue weighted by atomic mass is 9.86. The van der Waals surface area contributed by atoms with Gasteiger partial charge in [-0.15, -0.1) is 0 Å². The molecule has 7 heteroatoms. The fourth-order valence-electron chi connectivity index (χ4n) is 4.11. The van der Waals surface area contributed by atoms with E-state index in [4.69, 9.17) is 0 Å². The largest absolute Gasteiger partial charge is 0.349 e. The Morgan fingerprint density at radius 2 is 1.74 bits per heavy atom. The molecule has 1 aliphatic carbocycles. The molecule has 0 atom stereocenters. The van der Waals surface area contributed by atoms with Crippen molar-refractivity contribution >= 4 is 11.5 Å². The molecule has 1 aromatic rings. The van der Waals surface area contributed by atoms with E-state index < -0.39 is 0 Å². The van der Waals surface area contributed by atoms with Gasteiger partial charge in [-0.05, 0) is 38.5 Å². The van der Waals surface area contributed by atoms with Crippen molar-refractivity contribution in [1.29, 1.82) is 0 Å². The summed E-state index contributed by atoms with van der Waals surface area (Å²) >= 11 is 0. The van der Waals surface area contributed by atoms with Gasteiger partial charge in [0.05, 0.1) is 4.92 Å². The predicted octanol–water partition coefficient (Wildman–Crippen LogP) is 2.34. The van der Waals surface area contributed by atoms with E-state index in [1.807, 2.05) is 0 Å². The van der Waals surface area contributed by atoms with Gasteiger partial charge in [0.2, 0.25) is 5.82 Å². The van der Waals surface area contributed by atoms with E-state index in [0.29, 0.717) is 17.6 Å². The Kier molecular flexibility index (Phi) is 4.57. The molecule has 1 aromatic heterocycles. The van der Waals surface area contributed by atoms with Gasteiger partial charge in [0.15, 0.2) is 0 Å². The number of nitrogens with zero attached hydrogens (tertiary/aromatic N) is 5. The van der Waals surface area contributed by atoms with Crippen LogP contribution in [-0.2, 0) is 7.05 Å². The first-order valence-corrected chi connectivity index (χ1v) is 8.64. The van der Waals surface area contributed by atoms with Gasteiger partial charge in [-0.1, -0.05) is 6.92 Å². The molecule has 0 N–H and O–H groups in total. The Labute approximate surface area is 137 Å². The number of hydrogen-bond donors (Lipinski definition) is 0. The molecule has 23 heavy (non-hydrogen) atoms. The predicted molar refractivity (Wildman–Crippen MR) is 89.8 cm³/mol. The highest BCUT2D eigenvalue weighted by molar-refractivity contribution is 5.61. The number of hydrogen-bond acceptors (Lipinski definition) is 5. The van der Waals surface area contributed by atoms with Crippen molar-refractivity contribution in [3.63, 3.8) is 0 Å². The van der Waals surface area contributed by atoms with Crippen LogP contribution in [0.1, 0.15) is 38.3 Å². The summed E-state index contributed by atoms with van der Waals surface area (Å²) in [6, 6.07) is 0.705. The smallest absolute Gasteiger partial charge is 0.333 e. The molecule has 1 saturated carbocycles. The molecule has 2 fully saturated rings. The summed E-state index contributed by atoms with van der Waals surface area (Å²) in [5.74, 6) is 1.53. The molecule has 2 aliphatic rings. The minimum atomic E-state index is -0.299. The van der Waals surface area contributed by atoms with Crippen molar-refractivity contribution in [1.82, 2.24) is 14.7 Å². The average molecular weight is 321 g/mol. The van der Waals surface area contributed by atoms with Crippen LogP contribution in [0.15, 0.2) is 0 Å². The van der Waals surface area contributed by atoms with Crippen LogP contribution in [0, 0.1) is 23.0 Å². The van der Waals surface area contributed by atoms with E-state index in [1.165, 1.54) is 25.7 Å². The molecule has 0 aromatic carbocycles. The Morgan fingerprint density at radius 3 is 2.30 bits per heavy atom. The van der Waals surface area contributed by atoms with Crippen LogP contribution in [-0.4, -0.2) is 51.8 Å². The second-order valence-electron chi connectivity index (χ2n) is 7.08. The molecular weight excluding hydrogens is 294 g/mol. The highest BCUT2D eigenvalue weighted by atomic mass is 16.6. The Hall–Kier alpha value is -1.63. The molecule has 1 saturated heterocycles. The number of aromatic nitrogens is 2. The van der Waals surface area contributed by atoms with Gasteiger partial charge in [-0.2, -0.15) is 5.10 Å². The highest BCUT2D eigenvalue weighted by Crippen LogP contribution is 2.33. The minimum Gasteiger partial charge on any atom is -0.349 e. The Morgan fingerprint density at radius 1 is 1.13 bits per heavy atom. The molecule has 7 nitrogen and oxygen atoms in total. The standard InChI is InChI=1S/C16H27N5O2/c1-12-4-6-14(7-5-12)19-8-10-20(11-9-19)16-15(21(22)23)13(2)17-18(16)3/h12,14H,4-11H2,1-3H3. The number of piperazine rings is 1. The van der Waals surface area contributed by atoms with Crippen LogP contribution < -0.4 is 4.90 Å². The number of nitro groups is 1. The van der Waals surface area contributed by atoms with E-state index in [2.05, 4.69) is 21.8 Å². The summed E-state index contributed by atoms with van der Waals surface area (Å²) in [5.41, 5.74) is 0.656. The highest BCUT2D eigenvalue weighted by Gasteiger charge is 2.32. The molecule has 3 rings (SSSR count). The first kappa shape index (κ1) is 16.2.